The molecule has 1 unspecified atom stereocenters. The van der Waals surface area contributed by atoms with Crippen molar-refractivity contribution in [1.82, 2.24) is 14.9 Å². The molecular formula is C22H25Cl2N3O. The number of carbonyl (C=O) groups is 1. The highest BCUT2D eigenvalue weighted by Gasteiger charge is 2.27. The van der Waals surface area contributed by atoms with E-state index in [1.54, 1.807) is 6.07 Å². The summed E-state index contributed by atoms with van der Waals surface area (Å²) in [6.07, 6.45) is 0.743. The first kappa shape index (κ1) is 20.7. The van der Waals surface area contributed by atoms with Crippen molar-refractivity contribution in [2.75, 3.05) is 0 Å². The molecule has 28 heavy (non-hydrogen) atoms. The van der Waals surface area contributed by atoms with Gasteiger partial charge in [0.2, 0.25) is 5.91 Å². The summed E-state index contributed by atoms with van der Waals surface area (Å²) in [7, 11) is 0. The van der Waals surface area contributed by atoms with Crippen LogP contribution >= 0.6 is 23.2 Å². The number of amides is 1. The zero-order chi connectivity index (χ0) is 20.5. The Morgan fingerprint density at radius 1 is 1.14 bits per heavy atom. The lowest BCUT2D eigenvalue weighted by Gasteiger charge is -2.24. The molecule has 1 heterocycles. The number of nitrogens with zero attached hydrogens (tertiary/aromatic N) is 2. The molecule has 1 N–H and O–H groups in total. The molecule has 6 heteroatoms. The van der Waals surface area contributed by atoms with Crippen molar-refractivity contribution in [3.8, 4) is 0 Å². The van der Waals surface area contributed by atoms with Crippen LogP contribution in [0.25, 0.3) is 11.0 Å². The molecule has 1 amide bonds. The number of fused-ring (bicyclic) bond motifs is 1. The van der Waals surface area contributed by atoms with Gasteiger partial charge < -0.3 is 9.88 Å². The van der Waals surface area contributed by atoms with Crippen molar-refractivity contribution in [3.63, 3.8) is 0 Å². The summed E-state index contributed by atoms with van der Waals surface area (Å²) in [6.45, 7) is 8.38. The van der Waals surface area contributed by atoms with Crippen LogP contribution in [0.3, 0.4) is 0 Å². The van der Waals surface area contributed by atoms with Gasteiger partial charge in [0.1, 0.15) is 5.82 Å². The lowest BCUT2D eigenvalue weighted by Crippen LogP contribution is -2.38. The zero-order valence-electron chi connectivity index (χ0n) is 16.6. The Hall–Kier alpha value is -2.04. The highest BCUT2D eigenvalue weighted by Crippen LogP contribution is 2.28. The van der Waals surface area contributed by atoms with E-state index in [0.717, 1.165) is 28.8 Å². The van der Waals surface area contributed by atoms with Gasteiger partial charge >= 0.3 is 0 Å². The number of nitrogens with one attached hydrogen (secondary N) is 1. The van der Waals surface area contributed by atoms with Crippen LogP contribution in [0.15, 0.2) is 42.5 Å². The Kier molecular flexibility index (Phi) is 6.01. The van der Waals surface area contributed by atoms with Gasteiger partial charge in [0.15, 0.2) is 0 Å². The molecular weight excluding hydrogens is 393 g/mol. The normalized spacial score (nSPS) is 12.9. The highest BCUT2D eigenvalue weighted by molar-refractivity contribution is 6.42. The van der Waals surface area contributed by atoms with Crippen molar-refractivity contribution in [3.05, 3.63) is 63.9 Å². The maximum Gasteiger partial charge on any atom is 0.225 e. The van der Waals surface area contributed by atoms with Gasteiger partial charge in [-0.2, -0.15) is 0 Å². The summed E-state index contributed by atoms with van der Waals surface area (Å²) in [4.78, 5) is 17.4. The first-order valence-electron chi connectivity index (χ1n) is 9.40. The largest absolute Gasteiger partial charge is 0.346 e. The number of halogens is 2. The Balaban J connectivity index is 2.05. The zero-order valence-corrected chi connectivity index (χ0v) is 18.1. The van der Waals surface area contributed by atoms with Crippen molar-refractivity contribution >= 4 is 40.1 Å². The summed E-state index contributed by atoms with van der Waals surface area (Å²) in [6, 6.07) is 13.5. The van der Waals surface area contributed by atoms with E-state index >= 15 is 0 Å². The van der Waals surface area contributed by atoms with E-state index in [1.165, 1.54) is 0 Å². The van der Waals surface area contributed by atoms with E-state index in [0.29, 0.717) is 16.6 Å². The summed E-state index contributed by atoms with van der Waals surface area (Å²) in [5.74, 6) is 0.847. The van der Waals surface area contributed by atoms with Crippen LogP contribution in [0.4, 0.5) is 0 Å². The standard InChI is InChI=1S/C22H25Cl2N3O/c1-5-17(26-21(28)22(2,3)4)20-25-18-8-6-7-9-19(18)27(20)13-14-10-11-15(23)16(24)12-14/h6-12,17H,5,13H2,1-4H3,(H,26,28). The topological polar surface area (TPSA) is 46.9 Å². The van der Waals surface area contributed by atoms with E-state index in [9.17, 15) is 4.79 Å². The maximum absolute atomic E-state index is 12.6. The number of rotatable bonds is 5. The van der Waals surface area contributed by atoms with Crippen molar-refractivity contribution in [1.29, 1.82) is 0 Å². The monoisotopic (exact) mass is 417 g/mol. The van der Waals surface area contributed by atoms with Crippen LogP contribution in [0.5, 0.6) is 0 Å². The van der Waals surface area contributed by atoms with Crippen molar-refractivity contribution in [2.24, 2.45) is 5.41 Å². The molecule has 0 aliphatic carbocycles. The molecule has 3 rings (SSSR count). The third kappa shape index (κ3) is 4.34. The van der Waals surface area contributed by atoms with Crippen molar-refractivity contribution < 1.29 is 4.79 Å². The molecule has 0 radical (unpaired) electrons. The predicted molar refractivity (Wildman–Crippen MR) is 116 cm³/mol. The van der Waals surface area contributed by atoms with Crippen LogP contribution in [0, 0.1) is 5.41 Å². The van der Waals surface area contributed by atoms with Gasteiger partial charge in [-0.05, 0) is 36.2 Å². The third-order valence-corrected chi connectivity index (χ3v) is 5.45. The third-order valence-electron chi connectivity index (χ3n) is 4.72. The average molecular weight is 418 g/mol. The number of para-hydroxylation sites is 2. The van der Waals surface area contributed by atoms with Gasteiger partial charge in [0.25, 0.3) is 0 Å². The molecule has 0 fully saturated rings. The van der Waals surface area contributed by atoms with Crippen LogP contribution in [-0.2, 0) is 11.3 Å². The molecule has 2 aromatic carbocycles. The van der Waals surface area contributed by atoms with Crippen LogP contribution in [0.1, 0.15) is 51.5 Å². The summed E-state index contributed by atoms with van der Waals surface area (Å²) >= 11 is 12.3. The second kappa shape index (κ2) is 8.14. The number of imidazole rings is 1. The fourth-order valence-electron chi connectivity index (χ4n) is 3.07. The Morgan fingerprint density at radius 2 is 1.86 bits per heavy atom. The molecule has 148 valence electrons. The highest BCUT2D eigenvalue weighted by atomic mass is 35.5. The minimum Gasteiger partial charge on any atom is -0.346 e. The molecule has 4 nitrogen and oxygen atoms in total. The van der Waals surface area contributed by atoms with Crippen LogP contribution in [0.2, 0.25) is 10.0 Å². The molecule has 1 atom stereocenters. The minimum atomic E-state index is -0.464. The molecule has 3 aromatic rings. The summed E-state index contributed by atoms with van der Waals surface area (Å²) < 4.78 is 2.14. The molecule has 0 spiro atoms. The molecule has 0 saturated carbocycles. The van der Waals surface area contributed by atoms with E-state index < -0.39 is 5.41 Å². The number of aromatic nitrogens is 2. The first-order chi connectivity index (χ1) is 13.2. The fourth-order valence-corrected chi connectivity index (χ4v) is 3.39. The van der Waals surface area contributed by atoms with Gasteiger partial charge in [-0.1, -0.05) is 69.1 Å². The maximum atomic E-state index is 12.6. The Morgan fingerprint density at radius 3 is 2.50 bits per heavy atom. The second-order valence-electron chi connectivity index (χ2n) is 7.98. The number of hydrogen-bond acceptors (Lipinski definition) is 2. The van der Waals surface area contributed by atoms with Gasteiger partial charge in [0.05, 0.1) is 27.1 Å². The van der Waals surface area contributed by atoms with Gasteiger partial charge in [-0.3, -0.25) is 4.79 Å². The van der Waals surface area contributed by atoms with E-state index in [2.05, 4.69) is 16.8 Å². The van der Waals surface area contributed by atoms with Gasteiger partial charge in [-0.25, -0.2) is 4.98 Å². The Bertz CT molecular complexity index is 1000. The van der Waals surface area contributed by atoms with Gasteiger partial charge in [-0.15, -0.1) is 0 Å². The predicted octanol–water partition coefficient (Wildman–Crippen LogP) is 6.00. The van der Waals surface area contributed by atoms with E-state index in [4.69, 9.17) is 28.2 Å². The molecule has 1 aromatic heterocycles. The number of carbonyl (C=O) groups excluding carboxylic acids is 1. The lowest BCUT2D eigenvalue weighted by atomic mass is 9.95. The van der Waals surface area contributed by atoms with Gasteiger partial charge in [0, 0.05) is 12.0 Å². The molecule has 0 aliphatic heterocycles. The smallest absolute Gasteiger partial charge is 0.225 e. The van der Waals surface area contributed by atoms with Crippen LogP contribution < -0.4 is 5.32 Å². The second-order valence-corrected chi connectivity index (χ2v) is 8.79. The summed E-state index contributed by atoms with van der Waals surface area (Å²) in [5.41, 5.74) is 2.48. The quantitative estimate of drug-likeness (QED) is 0.552. The van der Waals surface area contributed by atoms with Crippen molar-refractivity contribution in [2.45, 2.75) is 46.7 Å². The average Bonchev–Trinajstić information content (AvgIpc) is 3.00. The number of hydrogen-bond donors (Lipinski definition) is 1. The van der Waals surface area contributed by atoms with E-state index in [1.807, 2.05) is 57.2 Å². The van der Waals surface area contributed by atoms with E-state index in [-0.39, 0.29) is 11.9 Å². The molecule has 0 bridgehead atoms. The minimum absolute atomic E-state index is 0.00694. The summed E-state index contributed by atoms with van der Waals surface area (Å²) in [5, 5.41) is 4.22. The number of benzene rings is 2. The lowest BCUT2D eigenvalue weighted by molar-refractivity contribution is -0.129. The molecule has 0 aliphatic rings. The SMILES string of the molecule is CCC(NC(=O)C(C)(C)C)c1nc2ccccc2n1Cc1ccc(Cl)c(Cl)c1. The molecule has 0 saturated heterocycles. The first-order valence-corrected chi connectivity index (χ1v) is 10.2. The Labute approximate surface area is 175 Å². The fraction of sp³-hybridized carbons (Fsp3) is 0.364. The van der Waals surface area contributed by atoms with Crippen LogP contribution in [-0.4, -0.2) is 15.5 Å².